The Morgan fingerprint density at radius 3 is 2.76 bits per heavy atom. The number of aromatic nitrogens is 1. The van der Waals surface area contributed by atoms with Crippen LogP contribution in [0.3, 0.4) is 0 Å². The highest BCUT2D eigenvalue weighted by molar-refractivity contribution is 5.80. The average Bonchev–Trinajstić information content (AvgIpc) is 3.24. The topological polar surface area (TPSA) is 62.9 Å². The molecule has 1 aliphatic rings. The molecular weight excluding hydrogens is 364 g/mol. The molecule has 1 atom stereocenters. The molecule has 6 nitrogen and oxygen atoms in total. The van der Waals surface area contributed by atoms with Crippen LogP contribution in [0.15, 0.2) is 70.2 Å². The van der Waals surface area contributed by atoms with Crippen molar-refractivity contribution in [1.29, 1.82) is 0 Å². The lowest BCUT2D eigenvalue weighted by Crippen LogP contribution is -2.48. The Balaban J connectivity index is 1.39. The number of morpholine rings is 1. The molecule has 0 aliphatic carbocycles. The van der Waals surface area contributed by atoms with Gasteiger partial charge in [0.1, 0.15) is 11.8 Å². The Morgan fingerprint density at radius 1 is 1.17 bits per heavy atom. The minimum atomic E-state index is 0.0419. The monoisotopic (exact) mass is 390 g/mol. The van der Waals surface area contributed by atoms with Gasteiger partial charge in [-0.3, -0.25) is 4.99 Å². The molecule has 1 unspecified atom stereocenters. The first-order valence-corrected chi connectivity index (χ1v) is 9.88. The van der Waals surface area contributed by atoms with Gasteiger partial charge in [-0.1, -0.05) is 59.8 Å². The number of nitrogens with one attached hydrogen (secondary N) is 1. The summed E-state index contributed by atoms with van der Waals surface area (Å²) in [6.07, 6.45) is 0.0419. The molecule has 0 amide bonds. The molecule has 1 aromatic heterocycles. The minimum absolute atomic E-state index is 0.0419. The molecular formula is C23H26N4O2. The predicted molar refractivity (Wildman–Crippen MR) is 114 cm³/mol. The molecule has 1 saturated heterocycles. The molecule has 0 saturated carbocycles. The number of hydrogen-bond acceptors (Lipinski definition) is 4. The van der Waals surface area contributed by atoms with E-state index in [1.54, 1.807) is 7.05 Å². The zero-order valence-electron chi connectivity index (χ0n) is 16.8. The Morgan fingerprint density at radius 2 is 1.97 bits per heavy atom. The third-order valence-corrected chi connectivity index (χ3v) is 5.16. The van der Waals surface area contributed by atoms with Crippen molar-refractivity contribution in [1.82, 2.24) is 15.4 Å². The third kappa shape index (κ3) is 4.49. The van der Waals surface area contributed by atoms with Gasteiger partial charge in [-0.25, -0.2) is 0 Å². The molecule has 1 aliphatic heterocycles. The van der Waals surface area contributed by atoms with E-state index in [1.807, 2.05) is 36.4 Å². The lowest BCUT2D eigenvalue weighted by molar-refractivity contribution is -0.00834. The number of benzene rings is 2. The number of rotatable bonds is 4. The highest BCUT2D eigenvalue weighted by Crippen LogP contribution is 2.25. The summed E-state index contributed by atoms with van der Waals surface area (Å²) in [5.41, 5.74) is 4.34. The summed E-state index contributed by atoms with van der Waals surface area (Å²) in [4.78, 5) is 6.69. The molecule has 1 N–H and O–H groups in total. The highest BCUT2D eigenvalue weighted by atomic mass is 16.5. The van der Waals surface area contributed by atoms with Gasteiger partial charge >= 0.3 is 0 Å². The van der Waals surface area contributed by atoms with Gasteiger partial charge in [0.25, 0.3) is 0 Å². The van der Waals surface area contributed by atoms with Crippen molar-refractivity contribution in [2.45, 2.75) is 19.6 Å². The fourth-order valence-electron chi connectivity index (χ4n) is 3.61. The number of hydrogen-bond donors (Lipinski definition) is 1. The zero-order valence-corrected chi connectivity index (χ0v) is 16.8. The fraction of sp³-hybridized carbons (Fsp3) is 0.304. The molecule has 1 fully saturated rings. The smallest absolute Gasteiger partial charge is 0.194 e. The maximum absolute atomic E-state index is 6.03. The van der Waals surface area contributed by atoms with Gasteiger partial charge in [0, 0.05) is 25.2 Å². The van der Waals surface area contributed by atoms with Crippen LogP contribution in [0, 0.1) is 6.92 Å². The molecule has 0 spiro atoms. The van der Waals surface area contributed by atoms with Gasteiger partial charge in [0.05, 0.1) is 19.7 Å². The van der Waals surface area contributed by atoms with Gasteiger partial charge in [0.2, 0.25) is 0 Å². The lowest BCUT2D eigenvalue weighted by atomic mass is 10.0. The number of ether oxygens (including phenoxy) is 1. The van der Waals surface area contributed by atoms with Crippen molar-refractivity contribution >= 4 is 5.96 Å². The first-order valence-electron chi connectivity index (χ1n) is 9.88. The van der Waals surface area contributed by atoms with Crippen molar-refractivity contribution in [3.8, 4) is 11.3 Å². The lowest BCUT2D eigenvalue weighted by Gasteiger charge is -2.35. The number of aliphatic imine (C=N–C) groups is 1. The first kappa shape index (κ1) is 19.2. The van der Waals surface area contributed by atoms with E-state index in [-0.39, 0.29) is 6.10 Å². The van der Waals surface area contributed by atoms with Crippen LogP contribution in [-0.4, -0.2) is 42.8 Å². The van der Waals surface area contributed by atoms with E-state index in [0.717, 1.165) is 36.1 Å². The van der Waals surface area contributed by atoms with Crippen LogP contribution in [0.25, 0.3) is 11.3 Å². The zero-order chi connectivity index (χ0) is 20.1. The van der Waals surface area contributed by atoms with Crippen molar-refractivity contribution in [3.05, 3.63) is 77.5 Å². The van der Waals surface area contributed by atoms with Crippen molar-refractivity contribution in [2.75, 3.05) is 26.7 Å². The quantitative estimate of drug-likeness (QED) is 0.542. The fourth-order valence-corrected chi connectivity index (χ4v) is 3.61. The number of aryl methyl sites for hydroxylation is 1. The summed E-state index contributed by atoms with van der Waals surface area (Å²) in [5, 5.41) is 7.59. The number of nitrogens with zero attached hydrogens (tertiary/aromatic N) is 3. The van der Waals surface area contributed by atoms with E-state index < -0.39 is 0 Å². The Kier molecular flexibility index (Phi) is 5.91. The maximum Gasteiger partial charge on any atom is 0.194 e. The van der Waals surface area contributed by atoms with Crippen LogP contribution in [0.4, 0.5) is 0 Å². The van der Waals surface area contributed by atoms with E-state index in [4.69, 9.17) is 9.26 Å². The summed E-state index contributed by atoms with van der Waals surface area (Å²) >= 11 is 0. The summed E-state index contributed by atoms with van der Waals surface area (Å²) in [5.74, 6) is 1.61. The molecule has 2 heterocycles. The summed E-state index contributed by atoms with van der Waals surface area (Å²) in [6.45, 7) is 4.91. The minimum Gasteiger partial charge on any atom is -0.370 e. The van der Waals surface area contributed by atoms with Crippen LogP contribution in [0.5, 0.6) is 0 Å². The molecule has 29 heavy (non-hydrogen) atoms. The Bertz CT molecular complexity index is 968. The summed E-state index contributed by atoms with van der Waals surface area (Å²) in [6, 6.07) is 20.3. The second kappa shape index (κ2) is 8.92. The average molecular weight is 390 g/mol. The predicted octanol–water partition coefficient (Wildman–Crippen LogP) is 3.80. The second-order valence-electron chi connectivity index (χ2n) is 7.11. The Hall–Kier alpha value is -3.12. The maximum atomic E-state index is 6.03. The van der Waals surface area contributed by atoms with Gasteiger partial charge < -0.3 is 19.5 Å². The molecule has 0 radical (unpaired) electrons. The molecule has 4 rings (SSSR count). The molecule has 3 aromatic rings. The first-order chi connectivity index (χ1) is 14.2. The van der Waals surface area contributed by atoms with E-state index in [9.17, 15) is 0 Å². The van der Waals surface area contributed by atoms with Crippen LogP contribution in [-0.2, 0) is 11.3 Å². The van der Waals surface area contributed by atoms with E-state index in [1.165, 1.54) is 11.1 Å². The summed E-state index contributed by atoms with van der Waals surface area (Å²) < 4.78 is 11.5. The SMILES string of the molecule is CN=C(NCc1cc(-c2ccccc2)on1)N1CCOC(c2ccccc2C)C1. The molecule has 2 aromatic carbocycles. The second-order valence-corrected chi connectivity index (χ2v) is 7.11. The highest BCUT2D eigenvalue weighted by Gasteiger charge is 2.25. The van der Waals surface area contributed by atoms with Crippen LogP contribution in [0.2, 0.25) is 0 Å². The summed E-state index contributed by atoms with van der Waals surface area (Å²) in [7, 11) is 1.80. The van der Waals surface area contributed by atoms with E-state index in [2.05, 4.69) is 51.6 Å². The van der Waals surface area contributed by atoms with Crippen LogP contribution in [0.1, 0.15) is 22.9 Å². The largest absolute Gasteiger partial charge is 0.370 e. The van der Waals surface area contributed by atoms with Crippen LogP contribution >= 0.6 is 0 Å². The van der Waals surface area contributed by atoms with E-state index >= 15 is 0 Å². The normalized spacial score (nSPS) is 17.4. The van der Waals surface area contributed by atoms with E-state index in [0.29, 0.717) is 13.2 Å². The third-order valence-electron chi connectivity index (χ3n) is 5.16. The van der Waals surface area contributed by atoms with Crippen molar-refractivity contribution < 1.29 is 9.26 Å². The van der Waals surface area contributed by atoms with Crippen molar-refractivity contribution in [3.63, 3.8) is 0 Å². The van der Waals surface area contributed by atoms with Crippen LogP contribution < -0.4 is 5.32 Å². The van der Waals surface area contributed by atoms with Gasteiger partial charge in [-0.05, 0) is 18.1 Å². The van der Waals surface area contributed by atoms with Gasteiger partial charge in [-0.15, -0.1) is 0 Å². The molecule has 6 heteroatoms. The van der Waals surface area contributed by atoms with Crippen molar-refractivity contribution in [2.24, 2.45) is 4.99 Å². The Labute approximate surface area is 171 Å². The van der Waals surface area contributed by atoms with Gasteiger partial charge in [0.15, 0.2) is 11.7 Å². The number of guanidine groups is 1. The van der Waals surface area contributed by atoms with Gasteiger partial charge in [-0.2, -0.15) is 0 Å². The molecule has 0 bridgehead atoms. The standard InChI is InChI=1S/C23H26N4O2/c1-17-8-6-7-11-20(17)22-16-27(12-13-28-22)23(24-2)25-15-19-14-21(29-26-19)18-9-4-3-5-10-18/h3-11,14,22H,12-13,15-16H2,1-2H3,(H,24,25). The molecule has 150 valence electrons.